The average Bonchev–Trinajstić information content (AvgIpc) is 2.47. The summed E-state index contributed by atoms with van der Waals surface area (Å²) in [5, 5.41) is 3.44. The molecule has 2 rings (SSSR count). The van der Waals surface area contributed by atoms with Gasteiger partial charge >= 0.3 is 0 Å². The van der Waals surface area contributed by atoms with E-state index in [0.29, 0.717) is 0 Å². The highest BCUT2D eigenvalue weighted by atomic mass is 79.9. The number of anilines is 1. The molecule has 1 atom stereocenters. The third kappa shape index (κ3) is 3.51. The Morgan fingerprint density at radius 3 is 2.50 bits per heavy atom. The van der Waals surface area contributed by atoms with Crippen molar-refractivity contribution in [3.8, 4) is 5.75 Å². The van der Waals surface area contributed by atoms with E-state index in [1.54, 1.807) is 7.11 Å². The molecule has 2 aromatic carbocycles. The van der Waals surface area contributed by atoms with E-state index < -0.39 is 0 Å². The first-order chi connectivity index (χ1) is 9.63. The number of benzene rings is 2. The van der Waals surface area contributed by atoms with Crippen LogP contribution in [0.25, 0.3) is 0 Å². The molecule has 106 valence electrons. The van der Waals surface area contributed by atoms with Crippen LogP contribution < -0.4 is 10.1 Å². The molecule has 0 radical (unpaired) electrons. The quantitative estimate of drug-likeness (QED) is 0.813. The minimum Gasteiger partial charge on any atom is -0.495 e. The highest BCUT2D eigenvalue weighted by Crippen LogP contribution is 2.30. The minimum atomic E-state index is -0.214. The summed E-state index contributed by atoms with van der Waals surface area (Å²) in [5.74, 6) is 0.567. The lowest BCUT2D eigenvalue weighted by atomic mass is 10.0. The molecule has 0 aliphatic carbocycles. The topological polar surface area (TPSA) is 21.3 Å². The van der Waals surface area contributed by atoms with Crippen LogP contribution in [0.15, 0.2) is 46.9 Å². The van der Waals surface area contributed by atoms with Crippen LogP contribution in [0.2, 0.25) is 0 Å². The second kappa shape index (κ2) is 6.75. The normalized spacial score (nSPS) is 12.0. The van der Waals surface area contributed by atoms with Gasteiger partial charge in [0.05, 0.1) is 17.6 Å². The number of hydrogen-bond donors (Lipinski definition) is 1. The summed E-state index contributed by atoms with van der Waals surface area (Å²) in [7, 11) is 1.64. The van der Waals surface area contributed by atoms with Crippen LogP contribution >= 0.6 is 15.9 Å². The smallest absolute Gasteiger partial charge is 0.135 e. The van der Waals surface area contributed by atoms with Crippen LogP contribution in [-0.4, -0.2) is 7.11 Å². The van der Waals surface area contributed by atoms with Gasteiger partial charge in [-0.05, 0) is 52.2 Å². The predicted molar refractivity (Wildman–Crippen MR) is 83.7 cm³/mol. The third-order valence-electron chi connectivity index (χ3n) is 3.17. The first kappa shape index (κ1) is 14.9. The zero-order chi connectivity index (χ0) is 14.5. The molecule has 0 bridgehead atoms. The van der Waals surface area contributed by atoms with Crippen LogP contribution in [0.4, 0.5) is 10.1 Å². The van der Waals surface area contributed by atoms with Crippen molar-refractivity contribution in [3.63, 3.8) is 0 Å². The molecule has 0 fully saturated rings. The van der Waals surface area contributed by atoms with Crippen LogP contribution in [0.5, 0.6) is 5.75 Å². The van der Waals surface area contributed by atoms with Gasteiger partial charge in [-0.15, -0.1) is 0 Å². The monoisotopic (exact) mass is 337 g/mol. The molecule has 20 heavy (non-hydrogen) atoms. The number of nitrogens with one attached hydrogen (secondary N) is 1. The largest absolute Gasteiger partial charge is 0.495 e. The van der Waals surface area contributed by atoms with Crippen molar-refractivity contribution < 1.29 is 9.13 Å². The fourth-order valence-electron chi connectivity index (χ4n) is 2.07. The summed E-state index contributed by atoms with van der Waals surface area (Å²) in [6.07, 6.45) is 0.907. The predicted octanol–water partition coefficient (Wildman–Crippen LogP) is 5.16. The van der Waals surface area contributed by atoms with Crippen LogP contribution in [-0.2, 0) is 0 Å². The van der Waals surface area contributed by atoms with Crippen molar-refractivity contribution in [2.75, 3.05) is 12.4 Å². The molecule has 0 amide bonds. The van der Waals surface area contributed by atoms with Gasteiger partial charge in [0.2, 0.25) is 0 Å². The molecule has 1 unspecified atom stereocenters. The standard InChI is InChI=1S/C16H17BrFNO/c1-3-15(11-4-6-12(18)7-5-11)19-13-8-9-14(17)16(10-13)20-2/h4-10,15,19H,3H2,1-2H3. The van der Waals surface area contributed by atoms with Gasteiger partial charge in [-0.1, -0.05) is 19.1 Å². The van der Waals surface area contributed by atoms with Gasteiger partial charge < -0.3 is 10.1 Å². The van der Waals surface area contributed by atoms with E-state index in [9.17, 15) is 4.39 Å². The van der Waals surface area contributed by atoms with Gasteiger partial charge in [0.1, 0.15) is 11.6 Å². The molecule has 0 saturated heterocycles. The van der Waals surface area contributed by atoms with Crippen molar-refractivity contribution >= 4 is 21.6 Å². The van der Waals surface area contributed by atoms with E-state index in [0.717, 1.165) is 27.9 Å². The zero-order valence-electron chi connectivity index (χ0n) is 11.5. The molecule has 0 saturated carbocycles. The maximum Gasteiger partial charge on any atom is 0.135 e. The maximum atomic E-state index is 13.0. The fourth-order valence-corrected chi connectivity index (χ4v) is 2.48. The number of methoxy groups -OCH3 is 1. The Hall–Kier alpha value is -1.55. The van der Waals surface area contributed by atoms with Crippen molar-refractivity contribution in [1.29, 1.82) is 0 Å². The van der Waals surface area contributed by atoms with Gasteiger partial charge in [0.15, 0.2) is 0 Å². The summed E-state index contributed by atoms with van der Waals surface area (Å²) in [5.41, 5.74) is 2.04. The van der Waals surface area contributed by atoms with E-state index in [2.05, 4.69) is 28.2 Å². The Bertz CT molecular complexity index is 571. The molecule has 0 aliphatic rings. The molecular weight excluding hydrogens is 321 g/mol. The summed E-state index contributed by atoms with van der Waals surface area (Å²) < 4.78 is 19.2. The number of hydrogen-bond acceptors (Lipinski definition) is 2. The van der Waals surface area contributed by atoms with Crippen LogP contribution in [0, 0.1) is 5.82 Å². The van der Waals surface area contributed by atoms with Crippen molar-refractivity contribution in [2.24, 2.45) is 0 Å². The zero-order valence-corrected chi connectivity index (χ0v) is 13.1. The summed E-state index contributed by atoms with van der Waals surface area (Å²) in [6, 6.07) is 12.6. The molecule has 4 heteroatoms. The lowest BCUT2D eigenvalue weighted by Gasteiger charge is -2.19. The van der Waals surface area contributed by atoms with E-state index >= 15 is 0 Å². The number of ether oxygens (including phenoxy) is 1. The number of rotatable bonds is 5. The molecule has 0 aliphatic heterocycles. The molecule has 0 spiro atoms. The molecule has 0 heterocycles. The van der Waals surface area contributed by atoms with E-state index in [1.165, 1.54) is 12.1 Å². The first-order valence-electron chi connectivity index (χ1n) is 6.49. The SMILES string of the molecule is CCC(Nc1ccc(Br)c(OC)c1)c1ccc(F)cc1. The van der Waals surface area contributed by atoms with Gasteiger partial charge in [0.25, 0.3) is 0 Å². The first-order valence-corrected chi connectivity index (χ1v) is 7.29. The lowest BCUT2D eigenvalue weighted by Crippen LogP contribution is -2.09. The summed E-state index contributed by atoms with van der Waals surface area (Å²) in [6.45, 7) is 2.09. The van der Waals surface area contributed by atoms with Crippen molar-refractivity contribution in [1.82, 2.24) is 0 Å². The summed E-state index contributed by atoms with van der Waals surface area (Å²) in [4.78, 5) is 0. The Morgan fingerprint density at radius 1 is 1.20 bits per heavy atom. The fraction of sp³-hybridized carbons (Fsp3) is 0.250. The highest BCUT2D eigenvalue weighted by Gasteiger charge is 2.10. The second-order valence-electron chi connectivity index (χ2n) is 4.51. The Labute approximate surface area is 127 Å². The van der Waals surface area contributed by atoms with E-state index in [-0.39, 0.29) is 11.9 Å². The Morgan fingerprint density at radius 2 is 1.90 bits per heavy atom. The molecule has 2 aromatic rings. The second-order valence-corrected chi connectivity index (χ2v) is 5.36. The third-order valence-corrected chi connectivity index (χ3v) is 3.83. The van der Waals surface area contributed by atoms with Crippen molar-refractivity contribution in [2.45, 2.75) is 19.4 Å². The number of halogens is 2. The Kier molecular flexibility index (Phi) is 5.01. The molecular formula is C16H17BrFNO. The minimum absolute atomic E-state index is 0.140. The van der Waals surface area contributed by atoms with Crippen LogP contribution in [0.1, 0.15) is 24.9 Å². The summed E-state index contributed by atoms with van der Waals surface area (Å²) >= 11 is 3.43. The van der Waals surface area contributed by atoms with E-state index in [4.69, 9.17) is 4.74 Å². The van der Waals surface area contributed by atoms with Crippen LogP contribution in [0.3, 0.4) is 0 Å². The van der Waals surface area contributed by atoms with Gasteiger partial charge in [-0.25, -0.2) is 4.39 Å². The lowest BCUT2D eigenvalue weighted by molar-refractivity contribution is 0.412. The molecule has 0 aromatic heterocycles. The maximum absolute atomic E-state index is 13.0. The highest BCUT2D eigenvalue weighted by molar-refractivity contribution is 9.10. The molecule has 2 nitrogen and oxygen atoms in total. The van der Waals surface area contributed by atoms with E-state index in [1.807, 2.05) is 30.3 Å². The van der Waals surface area contributed by atoms with Gasteiger partial charge in [0, 0.05) is 11.8 Å². The Balaban J connectivity index is 2.19. The van der Waals surface area contributed by atoms with Crippen molar-refractivity contribution in [3.05, 3.63) is 58.3 Å². The average molecular weight is 338 g/mol. The molecule has 1 N–H and O–H groups in total. The van der Waals surface area contributed by atoms with Gasteiger partial charge in [-0.3, -0.25) is 0 Å². The van der Waals surface area contributed by atoms with Gasteiger partial charge in [-0.2, -0.15) is 0 Å².